The minimum atomic E-state index is -3.57. The molecule has 1 N–H and O–H groups in total. The molecule has 4 rings (SSSR count). The number of carboxylic acids is 1. The predicted octanol–water partition coefficient (Wildman–Crippen LogP) is 5.55. The van der Waals surface area contributed by atoms with E-state index in [1.807, 2.05) is 59.3 Å². The van der Waals surface area contributed by atoms with E-state index in [9.17, 15) is 13.2 Å². The molecule has 0 unspecified atom stereocenters. The predicted molar refractivity (Wildman–Crippen MR) is 139 cm³/mol. The van der Waals surface area contributed by atoms with Crippen molar-refractivity contribution in [2.45, 2.75) is 25.8 Å². The molecule has 4 aromatic rings. The van der Waals surface area contributed by atoms with Crippen molar-refractivity contribution in [3.8, 4) is 33.6 Å². The van der Waals surface area contributed by atoms with Crippen LogP contribution in [-0.2, 0) is 21.2 Å². The lowest BCUT2D eigenvalue weighted by molar-refractivity contribution is -0.134. The van der Waals surface area contributed by atoms with Gasteiger partial charge in [0.2, 0.25) is 0 Å². The van der Waals surface area contributed by atoms with Crippen molar-refractivity contribution in [3.63, 3.8) is 0 Å². The van der Waals surface area contributed by atoms with Crippen LogP contribution in [0.15, 0.2) is 91.0 Å². The molecule has 35 heavy (non-hydrogen) atoms. The highest BCUT2D eigenvalue weighted by atomic mass is 32.2. The molecule has 1 heterocycles. The second-order valence-electron chi connectivity index (χ2n) is 8.44. The number of hydrogen-bond donors (Lipinski definition) is 1. The highest BCUT2D eigenvalue weighted by Gasteiger charge is 2.22. The third-order valence-electron chi connectivity index (χ3n) is 5.78. The highest BCUT2D eigenvalue weighted by Crippen LogP contribution is 2.40. The minimum Gasteiger partial charge on any atom is -0.480 e. The van der Waals surface area contributed by atoms with E-state index in [0.717, 1.165) is 40.1 Å². The van der Waals surface area contributed by atoms with Gasteiger partial charge in [-0.15, -0.1) is 0 Å². The smallest absolute Gasteiger partial charge is 0.318 e. The highest BCUT2D eigenvalue weighted by molar-refractivity contribution is 7.92. The van der Waals surface area contributed by atoms with Gasteiger partial charge in [0.25, 0.3) is 0 Å². The summed E-state index contributed by atoms with van der Waals surface area (Å²) in [5.41, 5.74) is 6.16. The molecule has 180 valence electrons. The van der Waals surface area contributed by atoms with E-state index in [-0.39, 0.29) is 5.75 Å². The summed E-state index contributed by atoms with van der Waals surface area (Å²) in [7, 11) is -3.57. The van der Waals surface area contributed by atoms with Gasteiger partial charge in [-0.05, 0) is 18.4 Å². The Morgan fingerprint density at radius 1 is 0.743 bits per heavy atom. The number of aliphatic carboxylic acids is 1. The first kappa shape index (κ1) is 24.4. The molecule has 6 nitrogen and oxygen atoms in total. The number of carbonyl (C=O) groups is 1. The van der Waals surface area contributed by atoms with Crippen molar-refractivity contribution < 1.29 is 18.3 Å². The number of benzene rings is 3. The molecule has 3 aromatic carbocycles. The first-order valence-electron chi connectivity index (χ1n) is 11.6. The first-order chi connectivity index (χ1) is 16.9. The lowest BCUT2D eigenvalue weighted by atomic mass is 9.96. The molecule has 0 saturated heterocycles. The average molecular weight is 489 g/mol. The molecule has 0 aliphatic carbocycles. The Labute approximate surface area is 205 Å². The van der Waals surface area contributed by atoms with E-state index in [1.165, 1.54) is 0 Å². The van der Waals surface area contributed by atoms with Crippen molar-refractivity contribution in [1.29, 1.82) is 0 Å². The Bertz CT molecular complexity index is 1370. The number of aryl methyl sites for hydroxylation is 1. The van der Waals surface area contributed by atoms with Crippen LogP contribution in [0.3, 0.4) is 0 Å². The number of hydrogen-bond acceptors (Lipinski definition) is 4. The average Bonchev–Trinajstić information content (AvgIpc) is 3.24. The van der Waals surface area contributed by atoms with Crippen LogP contribution in [0.25, 0.3) is 33.6 Å². The molecule has 0 amide bonds. The fourth-order valence-corrected chi connectivity index (χ4v) is 5.37. The Kier molecular flexibility index (Phi) is 7.77. The standard InChI is InChI=1S/C28H28N2O4S/c31-25(32)21-35(33,34)20-12-4-11-19-30-28(24-17-9-3-10-18-24)26(22-13-5-1-6-14-22)27(29-30)23-15-7-2-8-16-23/h1-3,5-10,13-18H,4,11-12,19-21H2,(H,31,32). The molecular formula is C28H28N2O4S. The number of carboxylic acid groups (broad SMARTS) is 1. The van der Waals surface area contributed by atoms with Crippen molar-refractivity contribution >= 4 is 15.8 Å². The second-order valence-corrected chi connectivity index (χ2v) is 10.6. The van der Waals surface area contributed by atoms with E-state index in [1.54, 1.807) is 0 Å². The van der Waals surface area contributed by atoms with Gasteiger partial charge in [0.15, 0.2) is 9.84 Å². The Balaban J connectivity index is 1.67. The molecule has 0 radical (unpaired) electrons. The van der Waals surface area contributed by atoms with E-state index in [4.69, 9.17) is 10.2 Å². The van der Waals surface area contributed by atoms with Crippen LogP contribution in [0.5, 0.6) is 0 Å². The van der Waals surface area contributed by atoms with E-state index in [2.05, 4.69) is 36.4 Å². The van der Waals surface area contributed by atoms with Gasteiger partial charge in [0.1, 0.15) is 11.4 Å². The zero-order chi connectivity index (χ0) is 24.7. The van der Waals surface area contributed by atoms with Gasteiger partial charge in [-0.25, -0.2) is 8.42 Å². The van der Waals surface area contributed by atoms with Crippen molar-refractivity contribution in [1.82, 2.24) is 9.78 Å². The van der Waals surface area contributed by atoms with Crippen LogP contribution < -0.4 is 0 Å². The number of nitrogens with zero attached hydrogens (tertiary/aromatic N) is 2. The van der Waals surface area contributed by atoms with Gasteiger partial charge in [0.05, 0.1) is 11.4 Å². The second kappa shape index (κ2) is 11.1. The summed E-state index contributed by atoms with van der Waals surface area (Å²) in [5.74, 6) is -2.24. The lowest BCUT2D eigenvalue weighted by Crippen LogP contribution is -2.18. The van der Waals surface area contributed by atoms with E-state index < -0.39 is 21.6 Å². The van der Waals surface area contributed by atoms with Gasteiger partial charge < -0.3 is 5.11 Å². The van der Waals surface area contributed by atoms with Gasteiger partial charge in [0, 0.05) is 23.2 Å². The first-order valence-corrected chi connectivity index (χ1v) is 13.5. The molecule has 0 aliphatic heterocycles. The topological polar surface area (TPSA) is 89.3 Å². The molecule has 7 heteroatoms. The Morgan fingerprint density at radius 2 is 1.29 bits per heavy atom. The largest absolute Gasteiger partial charge is 0.480 e. The third-order valence-corrected chi connectivity index (χ3v) is 7.38. The third kappa shape index (κ3) is 6.25. The van der Waals surface area contributed by atoms with Crippen LogP contribution >= 0.6 is 0 Å². The van der Waals surface area contributed by atoms with Gasteiger partial charge in [-0.2, -0.15) is 5.10 Å². The normalized spacial score (nSPS) is 11.4. The maximum atomic E-state index is 11.9. The lowest BCUT2D eigenvalue weighted by Gasteiger charge is -2.11. The summed E-state index contributed by atoms with van der Waals surface area (Å²) >= 11 is 0. The van der Waals surface area contributed by atoms with Crippen molar-refractivity contribution in [2.24, 2.45) is 0 Å². The summed E-state index contributed by atoms with van der Waals surface area (Å²) in [6, 6.07) is 30.5. The summed E-state index contributed by atoms with van der Waals surface area (Å²) in [6.07, 6.45) is 1.81. The number of sulfone groups is 1. The van der Waals surface area contributed by atoms with Crippen molar-refractivity contribution in [2.75, 3.05) is 11.5 Å². The summed E-state index contributed by atoms with van der Waals surface area (Å²) in [4.78, 5) is 10.7. The van der Waals surface area contributed by atoms with Crippen LogP contribution in [0.2, 0.25) is 0 Å². The Hall–Kier alpha value is -3.71. The molecule has 0 fully saturated rings. The summed E-state index contributed by atoms with van der Waals surface area (Å²) < 4.78 is 25.8. The number of aromatic nitrogens is 2. The van der Waals surface area contributed by atoms with Crippen LogP contribution in [-0.4, -0.2) is 40.8 Å². The SMILES string of the molecule is O=C(O)CS(=O)(=O)CCCCCn1nc(-c2ccccc2)c(-c2ccccc2)c1-c1ccccc1. The molecule has 0 aliphatic rings. The molecule has 0 saturated carbocycles. The number of unbranched alkanes of at least 4 members (excludes halogenated alkanes) is 2. The van der Waals surface area contributed by atoms with E-state index >= 15 is 0 Å². The molecule has 0 atom stereocenters. The van der Waals surface area contributed by atoms with Crippen LogP contribution in [0.4, 0.5) is 0 Å². The minimum absolute atomic E-state index is 0.117. The van der Waals surface area contributed by atoms with E-state index in [0.29, 0.717) is 19.4 Å². The van der Waals surface area contributed by atoms with Crippen LogP contribution in [0, 0.1) is 0 Å². The zero-order valence-corrected chi connectivity index (χ0v) is 20.2. The molecule has 0 bridgehead atoms. The summed E-state index contributed by atoms with van der Waals surface area (Å²) in [6.45, 7) is 0.621. The fraction of sp³-hybridized carbons (Fsp3) is 0.214. The van der Waals surface area contributed by atoms with Gasteiger partial charge in [-0.1, -0.05) is 97.4 Å². The Morgan fingerprint density at radius 3 is 1.86 bits per heavy atom. The maximum absolute atomic E-state index is 11.9. The van der Waals surface area contributed by atoms with Crippen LogP contribution in [0.1, 0.15) is 19.3 Å². The zero-order valence-electron chi connectivity index (χ0n) is 19.4. The molecule has 0 spiro atoms. The molecule has 1 aromatic heterocycles. The monoisotopic (exact) mass is 488 g/mol. The van der Waals surface area contributed by atoms with Gasteiger partial charge >= 0.3 is 5.97 Å². The fourth-order valence-electron chi connectivity index (χ4n) is 4.21. The quantitative estimate of drug-likeness (QED) is 0.280. The molecular weight excluding hydrogens is 460 g/mol. The summed E-state index contributed by atoms with van der Waals surface area (Å²) in [5, 5.41) is 13.8. The van der Waals surface area contributed by atoms with Gasteiger partial charge in [-0.3, -0.25) is 9.48 Å². The number of rotatable bonds is 11. The van der Waals surface area contributed by atoms with Crippen molar-refractivity contribution in [3.05, 3.63) is 91.0 Å². The maximum Gasteiger partial charge on any atom is 0.318 e.